The fourth-order valence-corrected chi connectivity index (χ4v) is 0.367. The Bertz CT molecular complexity index is 134. The number of nitrogens with zero attached hydrogens (tertiary/aromatic N) is 3. The topological polar surface area (TPSA) is 37.1 Å². The van der Waals surface area contributed by atoms with Gasteiger partial charge in [0.05, 0.1) is 6.21 Å². The van der Waals surface area contributed by atoms with E-state index in [-0.39, 0.29) is 0 Å². The summed E-state index contributed by atoms with van der Waals surface area (Å²) >= 11 is 0. The van der Waals surface area contributed by atoms with Crippen molar-refractivity contribution in [3.63, 3.8) is 0 Å². The predicted molar refractivity (Wildman–Crippen MR) is 30.3 cm³/mol. The highest BCUT2D eigenvalue weighted by atomic mass is 15.0. The lowest BCUT2D eigenvalue weighted by Crippen LogP contribution is -1.86. The van der Waals surface area contributed by atoms with Gasteiger partial charge in [-0.2, -0.15) is 0 Å². The quantitative estimate of drug-likeness (QED) is 0.383. The van der Waals surface area contributed by atoms with Crippen LogP contribution in [0.4, 0.5) is 0 Å². The van der Waals surface area contributed by atoms with Gasteiger partial charge in [0, 0.05) is 0 Å². The lowest BCUT2D eigenvalue weighted by molar-refractivity contribution is 1.10. The molecule has 0 aromatic carbocycles. The first-order valence-electron chi connectivity index (χ1n) is 1.94. The van der Waals surface area contributed by atoms with E-state index in [2.05, 4.69) is 21.7 Å². The molecule has 1 heterocycles. The molecule has 0 N–H and O–H groups in total. The maximum atomic E-state index is 3.82. The van der Waals surface area contributed by atoms with Crippen molar-refractivity contribution in [1.29, 1.82) is 0 Å². The first kappa shape index (κ1) is 4.18. The molecule has 0 atom stereocenters. The Morgan fingerprint density at radius 1 is 1.86 bits per heavy atom. The lowest BCUT2D eigenvalue weighted by Gasteiger charge is -1.74. The van der Waals surface area contributed by atoms with Crippen LogP contribution in [-0.2, 0) is 0 Å². The standard InChI is InChI=1S/C4H5N3/c1-5-4-2-6-3-7-4/h2H,1,3H2. The fraction of sp³-hybridized carbons (Fsp3) is 0.250. The third kappa shape index (κ3) is 0.707. The maximum absolute atomic E-state index is 3.82. The number of hydrogen-bond donors (Lipinski definition) is 0. The molecule has 3 nitrogen and oxygen atoms in total. The Labute approximate surface area is 41.5 Å². The highest BCUT2D eigenvalue weighted by Gasteiger charge is 1.91. The van der Waals surface area contributed by atoms with Crippen LogP contribution >= 0.6 is 0 Å². The van der Waals surface area contributed by atoms with Crippen molar-refractivity contribution in [3.8, 4) is 0 Å². The van der Waals surface area contributed by atoms with E-state index in [9.17, 15) is 0 Å². The first-order chi connectivity index (χ1) is 3.43. The van der Waals surface area contributed by atoms with E-state index in [1.54, 1.807) is 6.21 Å². The number of hydrogen-bond acceptors (Lipinski definition) is 3. The normalized spacial score (nSPS) is 16.9. The lowest BCUT2D eigenvalue weighted by atomic mass is 10.7. The highest BCUT2D eigenvalue weighted by Crippen LogP contribution is 1.85. The summed E-state index contributed by atoms with van der Waals surface area (Å²) in [6.07, 6.45) is 1.60. The summed E-state index contributed by atoms with van der Waals surface area (Å²) in [5.74, 6) is 0.639. The molecule has 36 valence electrons. The van der Waals surface area contributed by atoms with Gasteiger partial charge in [0.1, 0.15) is 6.67 Å². The van der Waals surface area contributed by atoms with E-state index in [4.69, 9.17) is 0 Å². The van der Waals surface area contributed by atoms with E-state index < -0.39 is 0 Å². The molecule has 1 aliphatic heterocycles. The molecule has 1 rings (SSSR count). The van der Waals surface area contributed by atoms with Crippen molar-refractivity contribution in [1.82, 2.24) is 0 Å². The fourth-order valence-electron chi connectivity index (χ4n) is 0.367. The molecule has 0 unspecified atom stereocenters. The van der Waals surface area contributed by atoms with Crippen molar-refractivity contribution in [2.45, 2.75) is 0 Å². The van der Waals surface area contributed by atoms with Crippen LogP contribution < -0.4 is 0 Å². The second-order valence-corrected chi connectivity index (χ2v) is 1.13. The third-order valence-electron chi connectivity index (χ3n) is 0.683. The Kier molecular flexibility index (Phi) is 0.978. The molecule has 0 aromatic rings. The first-order valence-corrected chi connectivity index (χ1v) is 1.94. The summed E-state index contributed by atoms with van der Waals surface area (Å²) in [7, 11) is 0. The molecule has 0 saturated carbocycles. The molecule has 0 fully saturated rings. The van der Waals surface area contributed by atoms with Gasteiger partial charge in [-0.05, 0) is 6.72 Å². The van der Waals surface area contributed by atoms with Gasteiger partial charge in [0.25, 0.3) is 0 Å². The van der Waals surface area contributed by atoms with Crippen molar-refractivity contribution < 1.29 is 0 Å². The molecule has 0 aromatic heterocycles. The van der Waals surface area contributed by atoms with E-state index in [1.165, 1.54) is 0 Å². The average molecular weight is 95.1 g/mol. The minimum atomic E-state index is 0.522. The summed E-state index contributed by atoms with van der Waals surface area (Å²) in [5.41, 5.74) is 0. The smallest absolute Gasteiger partial charge is 0.166 e. The highest BCUT2D eigenvalue weighted by molar-refractivity contribution is 6.31. The summed E-state index contributed by atoms with van der Waals surface area (Å²) in [5, 5.41) is 0. The van der Waals surface area contributed by atoms with Crippen LogP contribution in [0, 0.1) is 0 Å². The maximum Gasteiger partial charge on any atom is 0.166 e. The number of aliphatic imine (C=N–C) groups is 3. The van der Waals surface area contributed by atoms with Crippen LogP contribution in [0.5, 0.6) is 0 Å². The Balaban J connectivity index is 2.69. The molecule has 0 aliphatic carbocycles. The van der Waals surface area contributed by atoms with Crippen LogP contribution in [0.15, 0.2) is 15.0 Å². The van der Waals surface area contributed by atoms with Crippen molar-refractivity contribution in [2.75, 3.05) is 6.67 Å². The van der Waals surface area contributed by atoms with Crippen LogP contribution in [0.1, 0.15) is 0 Å². The zero-order valence-corrected chi connectivity index (χ0v) is 3.83. The molecule has 0 spiro atoms. The Morgan fingerprint density at radius 2 is 2.71 bits per heavy atom. The molecule has 1 aliphatic rings. The van der Waals surface area contributed by atoms with E-state index in [0.29, 0.717) is 12.5 Å². The van der Waals surface area contributed by atoms with E-state index in [1.807, 2.05) is 0 Å². The van der Waals surface area contributed by atoms with Gasteiger partial charge < -0.3 is 0 Å². The van der Waals surface area contributed by atoms with Gasteiger partial charge in [-0.1, -0.05) is 0 Å². The van der Waals surface area contributed by atoms with Crippen molar-refractivity contribution in [2.24, 2.45) is 15.0 Å². The number of rotatable bonds is 0. The van der Waals surface area contributed by atoms with E-state index in [0.717, 1.165) is 0 Å². The van der Waals surface area contributed by atoms with Gasteiger partial charge in [-0.25, -0.2) is 9.98 Å². The van der Waals surface area contributed by atoms with Gasteiger partial charge in [0.15, 0.2) is 5.84 Å². The van der Waals surface area contributed by atoms with Crippen LogP contribution in [-0.4, -0.2) is 25.4 Å². The monoisotopic (exact) mass is 95.0 g/mol. The minimum absolute atomic E-state index is 0.522. The van der Waals surface area contributed by atoms with Crippen LogP contribution in [0.3, 0.4) is 0 Å². The van der Waals surface area contributed by atoms with Crippen LogP contribution in [0.25, 0.3) is 0 Å². The summed E-state index contributed by atoms with van der Waals surface area (Å²) in [4.78, 5) is 11.1. The largest absolute Gasteiger partial charge is 0.266 e. The minimum Gasteiger partial charge on any atom is -0.266 e. The number of amidine groups is 1. The summed E-state index contributed by atoms with van der Waals surface area (Å²) in [6, 6.07) is 0. The van der Waals surface area contributed by atoms with Gasteiger partial charge in [0.2, 0.25) is 0 Å². The molecule has 0 saturated heterocycles. The van der Waals surface area contributed by atoms with Crippen LogP contribution in [0.2, 0.25) is 0 Å². The SMILES string of the molecule is C=NC1=NCN=C1. The van der Waals surface area contributed by atoms with Gasteiger partial charge in [-0.15, -0.1) is 0 Å². The molecule has 3 heteroatoms. The zero-order chi connectivity index (χ0) is 5.11. The Morgan fingerprint density at radius 3 is 3.00 bits per heavy atom. The molecule has 0 bridgehead atoms. The zero-order valence-electron chi connectivity index (χ0n) is 3.83. The van der Waals surface area contributed by atoms with Crippen molar-refractivity contribution >= 4 is 18.8 Å². The molecular weight excluding hydrogens is 90.1 g/mol. The third-order valence-corrected chi connectivity index (χ3v) is 0.683. The molecule has 0 amide bonds. The summed E-state index contributed by atoms with van der Waals surface area (Å²) in [6.45, 7) is 3.79. The van der Waals surface area contributed by atoms with Crippen molar-refractivity contribution in [3.05, 3.63) is 0 Å². The average Bonchev–Trinajstić information content (AvgIpc) is 2.14. The second kappa shape index (κ2) is 1.64. The molecule has 0 radical (unpaired) electrons. The summed E-state index contributed by atoms with van der Waals surface area (Å²) < 4.78 is 0. The second-order valence-electron chi connectivity index (χ2n) is 1.13. The molecule has 7 heavy (non-hydrogen) atoms. The van der Waals surface area contributed by atoms with Gasteiger partial charge >= 0.3 is 0 Å². The predicted octanol–water partition coefficient (Wildman–Crippen LogP) is 0.127. The van der Waals surface area contributed by atoms with E-state index >= 15 is 0 Å². The van der Waals surface area contributed by atoms with Gasteiger partial charge in [-0.3, -0.25) is 4.99 Å². The molecular formula is C4H5N3. The Hall–Kier alpha value is -0.990.